The van der Waals surface area contributed by atoms with Crippen molar-refractivity contribution in [2.75, 3.05) is 0 Å². The number of carbonyl (C=O) groups is 1. The van der Waals surface area contributed by atoms with Crippen LogP contribution < -0.4 is 0 Å². The van der Waals surface area contributed by atoms with E-state index in [0.29, 0.717) is 17.5 Å². The van der Waals surface area contributed by atoms with E-state index in [1.54, 1.807) is 25.1 Å². The topological polar surface area (TPSA) is 40.9 Å². The molecule has 0 atom stereocenters. The van der Waals surface area contributed by atoms with Crippen molar-refractivity contribution < 1.29 is 4.79 Å². The molecule has 0 bridgehead atoms. The van der Waals surface area contributed by atoms with E-state index < -0.39 is 0 Å². The summed E-state index contributed by atoms with van der Waals surface area (Å²) in [5.74, 6) is 0.0453. The van der Waals surface area contributed by atoms with Crippen LogP contribution in [-0.4, -0.2) is 5.78 Å². The normalized spacial score (nSPS) is 9.31. The van der Waals surface area contributed by atoms with E-state index in [1.807, 2.05) is 6.07 Å². The van der Waals surface area contributed by atoms with E-state index in [4.69, 9.17) is 5.26 Å². The first-order chi connectivity index (χ1) is 6.19. The minimum Gasteiger partial charge on any atom is -0.294 e. The Morgan fingerprint density at radius 1 is 1.62 bits per heavy atom. The van der Waals surface area contributed by atoms with Gasteiger partial charge in [0.2, 0.25) is 0 Å². The third kappa shape index (κ3) is 2.16. The fourth-order valence-electron chi connectivity index (χ4n) is 0.999. The lowest BCUT2D eigenvalue weighted by Crippen LogP contribution is -1.98. The fraction of sp³-hybridized carbons (Fsp3) is 0.200. The maximum absolute atomic E-state index is 11.4. The fourth-order valence-corrected chi connectivity index (χ4v) is 1.47. The number of rotatable bonds is 2. The molecule has 0 aliphatic rings. The zero-order valence-corrected chi connectivity index (χ0v) is 8.76. The van der Waals surface area contributed by atoms with Gasteiger partial charge < -0.3 is 0 Å². The van der Waals surface area contributed by atoms with Gasteiger partial charge in [-0.1, -0.05) is 22.9 Å². The third-order valence-corrected chi connectivity index (χ3v) is 2.41. The minimum absolute atomic E-state index is 0.0453. The summed E-state index contributed by atoms with van der Waals surface area (Å²) in [6.45, 7) is 1.80. The Balaban J connectivity index is 3.20. The summed E-state index contributed by atoms with van der Waals surface area (Å²) in [4.78, 5) is 11.4. The Bertz CT molecular complexity index is 379. The Labute approximate surface area is 85.3 Å². The van der Waals surface area contributed by atoms with Gasteiger partial charge in [0.25, 0.3) is 0 Å². The van der Waals surface area contributed by atoms with Crippen molar-refractivity contribution in [1.82, 2.24) is 0 Å². The van der Waals surface area contributed by atoms with Crippen LogP contribution in [0.25, 0.3) is 0 Å². The van der Waals surface area contributed by atoms with Gasteiger partial charge in [-0.15, -0.1) is 0 Å². The van der Waals surface area contributed by atoms with Gasteiger partial charge in [0.05, 0.1) is 11.6 Å². The molecular formula is C10H8BrNO. The molecular weight excluding hydrogens is 230 g/mol. The molecule has 0 saturated carbocycles. The van der Waals surface area contributed by atoms with Crippen molar-refractivity contribution in [3.8, 4) is 6.07 Å². The van der Waals surface area contributed by atoms with E-state index in [0.717, 1.165) is 4.47 Å². The molecule has 1 rings (SSSR count). The van der Waals surface area contributed by atoms with Gasteiger partial charge in [-0.3, -0.25) is 4.79 Å². The van der Waals surface area contributed by atoms with E-state index in [9.17, 15) is 4.79 Å². The highest BCUT2D eigenvalue weighted by atomic mass is 79.9. The Morgan fingerprint density at radius 2 is 2.31 bits per heavy atom. The van der Waals surface area contributed by atoms with E-state index in [1.165, 1.54) is 0 Å². The van der Waals surface area contributed by atoms with Crippen molar-refractivity contribution in [2.24, 2.45) is 0 Å². The first-order valence-electron chi connectivity index (χ1n) is 3.92. The number of ketones is 1. The zero-order chi connectivity index (χ0) is 9.84. The molecule has 1 aromatic carbocycles. The number of nitriles is 1. The smallest absolute Gasteiger partial charge is 0.163 e. The Hall–Kier alpha value is -1.14. The molecule has 0 heterocycles. The number of carbonyl (C=O) groups excluding carboxylic acids is 1. The second-order valence-corrected chi connectivity index (χ2v) is 3.44. The van der Waals surface area contributed by atoms with Crippen LogP contribution in [0.3, 0.4) is 0 Å². The lowest BCUT2D eigenvalue weighted by molar-refractivity contribution is 0.0987. The summed E-state index contributed by atoms with van der Waals surface area (Å²) in [7, 11) is 0. The van der Waals surface area contributed by atoms with Crippen LogP contribution in [0.1, 0.15) is 29.3 Å². The predicted molar refractivity (Wildman–Crippen MR) is 53.5 cm³/mol. The number of Topliss-reactive ketones (excluding diaryl/α,β-unsaturated/α-hetero) is 1. The van der Waals surface area contributed by atoms with Crippen LogP contribution in [0.4, 0.5) is 0 Å². The lowest BCUT2D eigenvalue weighted by Gasteiger charge is -2.01. The highest BCUT2D eigenvalue weighted by Gasteiger charge is 2.08. The summed E-state index contributed by atoms with van der Waals surface area (Å²) in [5, 5.41) is 8.63. The van der Waals surface area contributed by atoms with Gasteiger partial charge in [-0.2, -0.15) is 5.26 Å². The summed E-state index contributed by atoms with van der Waals surface area (Å²) < 4.78 is 0.748. The molecule has 0 aliphatic heterocycles. The minimum atomic E-state index is 0.0453. The Kier molecular flexibility index (Phi) is 3.21. The highest BCUT2D eigenvalue weighted by Crippen LogP contribution is 2.19. The average molecular weight is 238 g/mol. The molecule has 0 aliphatic carbocycles. The highest BCUT2D eigenvalue weighted by molar-refractivity contribution is 9.10. The summed E-state index contributed by atoms with van der Waals surface area (Å²) >= 11 is 3.27. The molecule has 0 radical (unpaired) electrons. The number of nitrogens with zero attached hydrogens (tertiary/aromatic N) is 1. The van der Waals surface area contributed by atoms with Gasteiger partial charge in [-0.25, -0.2) is 0 Å². The molecule has 3 heteroatoms. The molecule has 66 valence electrons. The summed E-state index contributed by atoms with van der Waals surface area (Å²) in [6, 6.07) is 7.01. The molecule has 2 nitrogen and oxygen atoms in total. The number of benzene rings is 1. The van der Waals surface area contributed by atoms with Crippen molar-refractivity contribution in [3.63, 3.8) is 0 Å². The van der Waals surface area contributed by atoms with Crippen LogP contribution in [-0.2, 0) is 0 Å². The van der Waals surface area contributed by atoms with Crippen molar-refractivity contribution in [2.45, 2.75) is 13.3 Å². The second kappa shape index (κ2) is 4.20. The first-order valence-corrected chi connectivity index (χ1v) is 4.71. The molecule has 0 N–H and O–H groups in total. The van der Waals surface area contributed by atoms with E-state index in [-0.39, 0.29) is 5.78 Å². The molecule has 0 spiro atoms. The van der Waals surface area contributed by atoms with Gasteiger partial charge in [0.1, 0.15) is 0 Å². The van der Waals surface area contributed by atoms with Crippen molar-refractivity contribution in [1.29, 1.82) is 5.26 Å². The summed E-state index contributed by atoms with van der Waals surface area (Å²) in [5.41, 5.74) is 1.10. The predicted octanol–water partition coefficient (Wildman–Crippen LogP) is 2.91. The molecule has 0 saturated heterocycles. The van der Waals surface area contributed by atoms with E-state index in [2.05, 4.69) is 15.9 Å². The SMILES string of the molecule is CCC(=O)c1cc(C#N)ccc1Br. The molecule has 13 heavy (non-hydrogen) atoms. The third-order valence-electron chi connectivity index (χ3n) is 1.72. The van der Waals surface area contributed by atoms with E-state index >= 15 is 0 Å². The van der Waals surface area contributed by atoms with Crippen molar-refractivity contribution >= 4 is 21.7 Å². The maximum atomic E-state index is 11.4. The largest absolute Gasteiger partial charge is 0.294 e. The molecule has 0 fully saturated rings. The van der Waals surface area contributed by atoms with Crippen LogP contribution >= 0.6 is 15.9 Å². The van der Waals surface area contributed by atoms with Crippen LogP contribution in [0.5, 0.6) is 0 Å². The monoisotopic (exact) mass is 237 g/mol. The maximum Gasteiger partial charge on any atom is 0.163 e. The number of hydrogen-bond donors (Lipinski definition) is 0. The number of halogens is 1. The molecule has 0 aromatic heterocycles. The van der Waals surface area contributed by atoms with Crippen molar-refractivity contribution in [3.05, 3.63) is 33.8 Å². The molecule has 0 unspecified atom stereocenters. The van der Waals surface area contributed by atoms with Gasteiger partial charge in [-0.05, 0) is 18.2 Å². The molecule has 1 aromatic rings. The van der Waals surface area contributed by atoms with Crippen LogP contribution in [0, 0.1) is 11.3 Å². The first kappa shape index (κ1) is 9.94. The number of hydrogen-bond acceptors (Lipinski definition) is 2. The van der Waals surface area contributed by atoms with Gasteiger partial charge in [0, 0.05) is 16.5 Å². The van der Waals surface area contributed by atoms with Gasteiger partial charge >= 0.3 is 0 Å². The Morgan fingerprint density at radius 3 is 2.85 bits per heavy atom. The van der Waals surface area contributed by atoms with Gasteiger partial charge in [0.15, 0.2) is 5.78 Å². The van der Waals surface area contributed by atoms with Crippen LogP contribution in [0.2, 0.25) is 0 Å². The second-order valence-electron chi connectivity index (χ2n) is 2.58. The van der Waals surface area contributed by atoms with Crippen LogP contribution in [0.15, 0.2) is 22.7 Å². The standard InChI is InChI=1S/C10H8BrNO/c1-2-10(13)8-5-7(6-12)3-4-9(8)11/h3-5H,2H2,1H3. The average Bonchev–Trinajstić information content (AvgIpc) is 2.17. The molecule has 0 amide bonds. The summed E-state index contributed by atoms with van der Waals surface area (Å²) in [6.07, 6.45) is 0.452. The lowest BCUT2D eigenvalue weighted by atomic mass is 10.1. The quantitative estimate of drug-likeness (QED) is 0.743. The zero-order valence-electron chi connectivity index (χ0n) is 7.17.